The van der Waals surface area contributed by atoms with Crippen LogP contribution in [0.5, 0.6) is 0 Å². The summed E-state index contributed by atoms with van der Waals surface area (Å²) in [5.41, 5.74) is 6.49. The van der Waals surface area contributed by atoms with Crippen molar-refractivity contribution in [2.24, 2.45) is 5.73 Å². The third-order valence-electron chi connectivity index (χ3n) is 2.42. The molecular weight excluding hydrogens is 282 g/mol. The molecule has 1 amide bonds. The molecule has 8 heteroatoms. The van der Waals surface area contributed by atoms with Crippen molar-refractivity contribution in [2.45, 2.75) is 19.4 Å². The van der Waals surface area contributed by atoms with Crippen LogP contribution in [0.25, 0.3) is 0 Å². The summed E-state index contributed by atoms with van der Waals surface area (Å²) < 4.78 is 32.0. The fourth-order valence-corrected chi connectivity index (χ4v) is 2.55. The van der Waals surface area contributed by atoms with Gasteiger partial charge in [0.15, 0.2) is 0 Å². The number of nitrogens with one attached hydrogen (secondary N) is 2. The molecule has 0 saturated heterocycles. The Labute approximate surface area is 118 Å². The maximum atomic E-state index is 11.7. The topological polar surface area (TPSA) is 111 Å². The molecule has 1 atom stereocenters. The zero-order valence-corrected chi connectivity index (χ0v) is 12.0. The van der Waals surface area contributed by atoms with E-state index in [2.05, 4.69) is 9.46 Å². The second-order valence-electron chi connectivity index (χ2n) is 4.07. The minimum atomic E-state index is -3.99. The van der Waals surface area contributed by atoms with E-state index in [0.29, 0.717) is 6.42 Å². The van der Waals surface area contributed by atoms with Crippen molar-refractivity contribution in [3.05, 3.63) is 35.9 Å². The Morgan fingerprint density at radius 2 is 2.00 bits per heavy atom. The molecule has 1 aromatic rings. The molecular formula is C12H19N3O4S. The number of carbonyl (C=O) groups is 1. The van der Waals surface area contributed by atoms with Crippen LogP contribution in [0.15, 0.2) is 30.3 Å². The number of benzene rings is 1. The summed E-state index contributed by atoms with van der Waals surface area (Å²) in [5.74, 6) is 0. The van der Waals surface area contributed by atoms with Gasteiger partial charge in [-0.25, -0.2) is 9.52 Å². The number of nitrogens with two attached hydrogens (primary N) is 1. The van der Waals surface area contributed by atoms with E-state index in [9.17, 15) is 13.2 Å². The molecule has 0 aliphatic rings. The number of hydrogen-bond acceptors (Lipinski definition) is 5. The Kier molecular flexibility index (Phi) is 6.43. The summed E-state index contributed by atoms with van der Waals surface area (Å²) in [6, 6.07) is 8.81. The van der Waals surface area contributed by atoms with Crippen molar-refractivity contribution in [1.82, 2.24) is 9.44 Å². The maximum absolute atomic E-state index is 11.7. The molecule has 1 rings (SSSR count). The molecule has 0 spiro atoms. The van der Waals surface area contributed by atoms with E-state index in [1.54, 1.807) is 11.6 Å². The highest BCUT2D eigenvalue weighted by molar-refractivity contribution is 7.88. The lowest BCUT2D eigenvalue weighted by atomic mass is 10.1. The SMILES string of the molecule is CCOC(=O)NS(=O)(=O)NC(CN)Cc1ccccc1. The van der Waals surface area contributed by atoms with Crippen LogP contribution < -0.4 is 15.2 Å². The van der Waals surface area contributed by atoms with Gasteiger partial charge in [-0.05, 0) is 18.9 Å². The predicted molar refractivity (Wildman–Crippen MR) is 75.2 cm³/mol. The van der Waals surface area contributed by atoms with E-state index >= 15 is 0 Å². The van der Waals surface area contributed by atoms with Crippen molar-refractivity contribution in [2.75, 3.05) is 13.2 Å². The summed E-state index contributed by atoms with van der Waals surface area (Å²) in [5, 5.41) is 0. The van der Waals surface area contributed by atoms with Gasteiger partial charge in [0.05, 0.1) is 6.61 Å². The molecule has 0 heterocycles. The fourth-order valence-electron chi connectivity index (χ4n) is 1.59. The summed E-state index contributed by atoms with van der Waals surface area (Å²) in [6.45, 7) is 1.78. The zero-order valence-electron chi connectivity index (χ0n) is 11.2. The minimum absolute atomic E-state index is 0.0890. The first-order valence-electron chi connectivity index (χ1n) is 6.17. The van der Waals surface area contributed by atoms with Gasteiger partial charge >= 0.3 is 16.3 Å². The number of rotatable bonds is 7. The van der Waals surface area contributed by atoms with Gasteiger partial charge in [0.1, 0.15) is 0 Å². The second-order valence-corrected chi connectivity index (χ2v) is 5.51. The van der Waals surface area contributed by atoms with E-state index in [1.807, 2.05) is 30.3 Å². The molecule has 4 N–H and O–H groups in total. The summed E-state index contributed by atoms with van der Waals surface area (Å²) in [6.07, 6.45) is -0.586. The highest BCUT2D eigenvalue weighted by Gasteiger charge is 2.19. The van der Waals surface area contributed by atoms with Crippen LogP contribution >= 0.6 is 0 Å². The quantitative estimate of drug-likeness (QED) is 0.663. The molecule has 0 aliphatic heterocycles. The third-order valence-corrected chi connectivity index (χ3v) is 3.50. The van der Waals surface area contributed by atoms with Crippen LogP contribution in [-0.2, 0) is 21.4 Å². The van der Waals surface area contributed by atoms with Crippen LogP contribution in [-0.4, -0.2) is 33.7 Å². The molecule has 20 heavy (non-hydrogen) atoms. The number of carbonyl (C=O) groups excluding carboxylic acids is 1. The van der Waals surface area contributed by atoms with E-state index in [-0.39, 0.29) is 13.2 Å². The normalized spacial score (nSPS) is 12.7. The average molecular weight is 301 g/mol. The highest BCUT2D eigenvalue weighted by Crippen LogP contribution is 2.03. The number of hydrogen-bond donors (Lipinski definition) is 3. The van der Waals surface area contributed by atoms with Gasteiger partial charge in [-0.3, -0.25) is 0 Å². The Bertz CT molecular complexity index is 519. The Balaban J connectivity index is 2.61. The molecule has 1 aromatic carbocycles. The number of ether oxygens (including phenoxy) is 1. The third kappa shape index (κ3) is 6.00. The molecule has 0 fully saturated rings. The Morgan fingerprint density at radius 1 is 1.35 bits per heavy atom. The fraction of sp³-hybridized carbons (Fsp3) is 0.417. The second kappa shape index (κ2) is 7.83. The number of amides is 1. The highest BCUT2D eigenvalue weighted by atomic mass is 32.2. The Hall–Kier alpha value is -1.64. The van der Waals surface area contributed by atoms with Gasteiger partial charge in [-0.15, -0.1) is 0 Å². The predicted octanol–water partition coefficient (Wildman–Crippen LogP) is 0.137. The Morgan fingerprint density at radius 3 is 2.55 bits per heavy atom. The van der Waals surface area contributed by atoms with Gasteiger partial charge in [-0.1, -0.05) is 30.3 Å². The monoisotopic (exact) mass is 301 g/mol. The standard InChI is InChI=1S/C12H19N3O4S/c1-2-19-12(16)15-20(17,18)14-11(9-13)8-10-6-4-3-5-7-10/h3-7,11,14H,2,8-9,13H2,1H3,(H,15,16). The minimum Gasteiger partial charge on any atom is -0.449 e. The first-order valence-corrected chi connectivity index (χ1v) is 7.66. The van der Waals surface area contributed by atoms with Crippen LogP contribution in [0.2, 0.25) is 0 Å². The molecule has 112 valence electrons. The average Bonchev–Trinajstić information content (AvgIpc) is 2.38. The summed E-state index contributed by atoms with van der Waals surface area (Å²) in [7, 11) is -3.99. The van der Waals surface area contributed by atoms with E-state index in [1.165, 1.54) is 0 Å². The summed E-state index contributed by atoms with van der Waals surface area (Å²) >= 11 is 0. The molecule has 7 nitrogen and oxygen atoms in total. The molecule has 0 aliphatic carbocycles. The van der Waals surface area contributed by atoms with Gasteiger partial charge in [-0.2, -0.15) is 13.1 Å². The molecule has 1 unspecified atom stereocenters. The maximum Gasteiger partial charge on any atom is 0.421 e. The largest absolute Gasteiger partial charge is 0.449 e. The zero-order chi connectivity index (χ0) is 15.0. The lowest BCUT2D eigenvalue weighted by Gasteiger charge is -2.17. The van der Waals surface area contributed by atoms with Crippen molar-refractivity contribution in [1.29, 1.82) is 0 Å². The van der Waals surface area contributed by atoms with Crippen molar-refractivity contribution < 1.29 is 17.9 Å². The molecule has 0 saturated carbocycles. The summed E-state index contributed by atoms with van der Waals surface area (Å²) in [4.78, 5) is 11.1. The van der Waals surface area contributed by atoms with Crippen LogP contribution in [0.3, 0.4) is 0 Å². The van der Waals surface area contributed by atoms with Gasteiger partial charge < -0.3 is 10.5 Å². The molecule has 0 bridgehead atoms. The van der Waals surface area contributed by atoms with E-state index < -0.39 is 22.3 Å². The van der Waals surface area contributed by atoms with Crippen LogP contribution in [0.4, 0.5) is 4.79 Å². The van der Waals surface area contributed by atoms with Gasteiger partial charge in [0.25, 0.3) is 0 Å². The lowest BCUT2D eigenvalue weighted by molar-refractivity contribution is 0.158. The van der Waals surface area contributed by atoms with E-state index in [0.717, 1.165) is 5.56 Å². The van der Waals surface area contributed by atoms with Gasteiger partial charge in [0.2, 0.25) is 0 Å². The van der Waals surface area contributed by atoms with Crippen molar-refractivity contribution in [3.8, 4) is 0 Å². The smallest absolute Gasteiger partial charge is 0.421 e. The van der Waals surface area contributed by atoms with E-state index in [4.69, 9.17) is 5.73 Å². The molecule has 0 radical (unpaired) electrons. The van der Waals surface area contributed by atoms with Crippen LogP contribution in [0.1, 0.15) is 12.5 Å². The van der Waals surface area contributed by atoms with Crippen LogP contribution in [0, 0.1) is 0 Å². The van der Waals surface area contributed by atoms with Crippen molar-refractivity contribution in [3.63, 3.8) is 0 Å². The first kappa shape index (κ1) is 16.4. The van der Waals surface area contributed by atoms with Crippen molar-refractivity contribution >= 4 is 16.3 Å². The van der Waals surface area contributed by atoms with Gasteiger partial charge in [0, 0.05) is 12.6 Å². The molecule has 0 aromatic heterocycles. The lowest BCUT2D eigenvalue weighted by Crippen LogP contribution is -2.48. The first-order chi connectivity index (χ1) is 9.46.